The van der Waals surface area contributed by atoms with Crippen molar-refractivity contribution in [1.82, 2.24) is 29.0 Å². The van der Waals surface area contributed by atoms with Gasteiger partial charge in [0.25, 0.3) is 11.5 Å². The van der Waals surface area contributed by atoms with Crippen LogP contribution in [0.25, 0.3) is 10.9 Å². The number of hydrogen-bond acceptors (Lipinski definition) is 9. The second kappa shape index (κ2) is 11.6. The molecule has 0 unspecified atom stereocenters. The molecule has 0 aliphatic carbocycles. The van der Waals surface area contributed by atoms with Crippen LogP contribution < -0.4 is 20.5 Å². The lowest BCUT2D eigenvalue weighted by Gasteiger charge is -2.34. The molecule has 0 bridgehead atoms. The van der Waals surface area contributed by atoms with Crippen LogP contribution in [0.4, 0.5) is 11.6 Å². The standard InChI is InChI=1S/C29H35ClN8O4S/c1-16-13-20(18(3)32-22-7-8-23(30)33-25(22)27(39)35-43(6,41)42)24-21(14-16)28(40)36(4)29(34-24)38-11-9-19(10-12-38)26-17(2)15-31-37(26)5/h7-8,13-15,18-19,32H,9-12H2,1-6H3,(H,35,39)/t18-/m1/s1. The van der Waals surface area contributed by atoms with Crippen molar-refractivity contribution < 1.29 is 13.2 Å². The molecule has 0 spiro atoms. The Morgan fingerprint density at radius 3 is 2.44 bits per heavy atom. The number of benzene rings is 1. The Morgan fingerprint density at radius 2 is 1.81 bits per heavy atom. The summed E-state index contributed by atoms with van der Waals surface area (Å²) >= 11 is 6.04. The van der Waals surface area contributed by atoms with Crippen LogP contribution in [-0.4, -0.2) is 58.0 Å². The van der Waals surface area contributed by atoms with E-state index in [1.165, 1.54) is 17.3 Å². The van der Waals surface area contributed by atoms with Crippen molar-refractivity contribution in [2.75, 3.05) is 29.6 Å². The van der Waals surface area contributed by atoms with Crippen LogP contribution in [0.2, 0.25) is 5.15 Å². The third kappa shape index (κ3) is 6.23. The SMILES string of the molecule is Cc1cc([C@@H](C)Nc2ccc(Cl)nc2C(=O)NS(C)(=O)=O)c2nc(N3CCC(c4c(C)cnn4C)CC3)n(C)c(=O)c2c1. The molecule has 0 radical (unpaired) electrons. The Bertz CT molecular complexity index is 1880. The van der Waals surface area contributed by atoms with Crippen molar-refractivity contribution in [1.29, 1.82) is 0 Å². The number of halogens is 1. The van der Waals surface area contributed by atoms with Gasteiger partial charge in [-0.1, -0.05) is 17.7 Å². The van der Waals surface area contributed by atoms with Crippen LogP contribution in [0.1, 0.15) is 64.6 Å². The molecule has 4 aromatic rings. The Kier molecular flexibility index (Phi) is 8.23. The van der Waals surface area contributed by atoms with Crippen LogP contribution in [0.5, 0.6) is 0 Å². The molecule has 3 aromatic heterocycles. The van der Waals surface area contributed by atoms with Crippen LogP contribution in [0.15, 0.2) is 35.3 Å². The predicted molar refractivity (Wildman–Crippen MR) is 167 cm³/mol. The summed E-state index contributed by atoms with van der Waals surface area (Å²) in [5.74, 6) is 0.0647. The molecule has 1 fully saturated rings. The van der Waals surface area contributed by atoms with Crippen LogP contribution in [-0.2, 0) is 24.1 Å². The van der Waals surface area contributed by atoms with Crippen molar-refractivity contribution in [3.63, 3.8) is 0 Å². The number of nitrogens with one attached hydrogen (secondary N) is 2. The van der Waals surface area contributed by atoms with Crippen molar-refractivity contribution in [2.24, 2.45) is 14.1 Å². The summed E-state index contributed by atoms with van der Waals surface area (Å²) in [6.07, 6.45) is 4.61. The number of pyridine rings is 1. The predicted octanol–water partition coefficient (Wildman–Crippen LogP) is 3.58. The van der Waals surface area contributed by atoms with Gasteiger partial charge in [-0.15, -0.1) is 0 Å². The van der Waals surface area contributed by atoms with Gasteiger partial charge in [0, 0.05) is 44.4 Å². The molecule has 14 heteroatoms. The zero-order chi connectivity index (χ0) is 31.2. The molecule has 1 saturated heterocycles. The largest absolute Gasteiger partial charge is 0.377 e. The van der Waals surface area contributed by atoms with Gasteiger partial charge in [0.1, 0.15) is 5.15 Å². The van der Waals surface area contributed by atoms with Crippen LogP contribution in [0.3, 0.4) is 0 Å². The Balaban J connectivity index is 1.49. The summed E-state index contributed by atoms with van der Waals surface area (Å²) in [6.45, 7) is 7.35. The number of aryl methyl sites for hydroxylation is 3. The molecule has 1 aliphatic heterocycles. The first-order valence-electron chi connectivity index (χ1n) is 13.9. The fraction of sp³-hybridized carbons (Fsp3) is 0.414. The summed E-state index contributed by atoms with van der Waals surface area (Å²) in [7, 11) is -0.105. The lowest BCUT2D eigenvalue weighted by atomic mass is 9.91. The highest BCUT2D eigenvalue weighted by Gasteiger charge is 2.27. The molecule has 43 heavy (non-hydrogen) atoms. The maximum Gasteiger partial charge on any atom is 0.285 e. The van der Waals surface area contributed by atoms with Crippen LogP contribution >= 0.6 is 11.6 Å². The highest BCUT2D eigenvalue weighted by atomic mass is 35.5. The zero-order valence-corrected chi connectivity index (χ0v) is 26.5. The average molecular weight is 627 g/mol. The van der Waals surface area contributed by atoms with Gasteiger partial charge in [-0.3, -0.25) is 18.8 Å². The molecule has 2 N–H and O–H groups in total. The maximum absolute atomic E-state index is 13.7. The Hall–Kier alpha value is -3.97. The van der Waals surface area contributed by atoms with Gasteiger partial charge in [-0.2, -0.15) is 5.10 Å². The fourth-order valence-corrected chi connectivity index (χ4v) is 6.48. The lowest BCUT2D eigenvalue weighted by Crippen LogP contribution is -2.38. The Labute approximate surface area is 255 Å². The number of hydrogen-bond donors (Lipinski definition) is 2. The van der Waals surface area contributed by atoms with E-state index in [0.717, 1.165) is 43.3 Å². The molecule has 0 saturated carbocycles. The quantitative estimate of drug-likeness (QED) is 0.294. The number of aromatic nitrogens is 5. The number of carbonyl (C=O) groups excluding carboxylic acids is 1. The van der Waals surface area contributed by atoms with Crippen molar-refractivity contribution in [2.45, 2.75) is 45.6 Å². The lowest BCUT2D eigenvalue weighted by molar-refractivity contribution is 0.0977. The van der Waals surface area contributed by atoms with Gasteiger partial charge in [-0.25, -0.2) is 23.1 Å². The summed E-state index contributed by atoms with van der Waals surface area (Å²) in [5.41, 5.74) is 4.58. The number of piperidine rings is 1. The van der Waals surface area contributed by atoms with Gasteiger partial charge in [0.2, 0.25) is 16.0 Å². The minimum Gasteiger partial charge on any atom is -0.377 e. The van der Waals surface area contributed by atoms with Gasteiger partial charge in [0.05, 0.1) is 35.1 Å². The van der Waals surface area contributed by atoms with Crippen LogP contribution in [0, 0.1) is 13.8 Å². The molecule has 228 valence electrons. The first-order chi connectivity index (χ1) is 20.2. The smallest absolute Gasteiger partial charge is 0.285 e. The Morgan fingerprint density at radius 1 is 1.12 bits per heavy atom. The highest BCUT2D eigenvalue weighted by molar-refractivity contribution is 7.89. The number of rotatable bonds is 7. The first kappa shape index (κ1) is 30.5. The van der Waals surface area contributed by atoms with Gasteiger partial charge >= 0.3 is 0 Å². The molecule has 5 rings (SSSR count). The fourth-order valence-electron chi connectivity index (χ4n) is 5.90. The van der Waals surface area contributed by atoms with E-state index in [0.29, 0.717) is 22.8 Å². The average Bonchev–Trinajstić information content (AvgIpc) is 3.28. The van der Waals surface area contributed by atoms with Crippen molar-refractivity contribution in [3.05, 3.63) is 74.0 Å². The summed E-state index contributed by atoms with van der Waals surface area (Å²) in [5, 5.41) is 8.19. The molecule has 1 atom stereocenters. The van der Waals surface area contributed by atoms with E-state index < -0.39 is 22.0 Å². The molecule has 1 aromatic carbocycles. The van der Waals surface area contributed by atoms with E-state index in [9.17, 15) is 18.0 Å². The van der Waals surface area contributed by atoms with E-state index in [1.807, 2.05) is 48.6 Å². The zero-order valence-electron chi connectivity index (χ0n) is 25.0. The van der Waals surface area contributed by atoms with Gasteiger partial charge < -0.3 is 10.2 Å². The number of anilines is 2. The van der Waals surface area contributed by atoms with E-state index in [-0.39, 0.29) is 22.1 Å². The second-order valence-corrected chi connectivity index (χ2v) is 13.4. The maximum atomic E-state index is 13.7. The van der Waals surface area contributed by atoms with E-state index in [2.05, 4.69) is 27.2 Å². The number of carbonyl (C=O) groups is 1. The second-order valence-electron chi connectivity index (χ2n) is 11.2. The number of amides is 1. The van der Waals surface area contributed by atoms with E-state index in [1.54, 1.807) is 17.7 Å². The van der Waals surface area contributed by atoms with Crippen molar-refractivity contribution >= 4 is 50.1 Å². The minimum atomic E-state index is -3.83. The van der Waals surface area contributed by atoms with Gasteiger partial charge in [0.15, 0.2) is 5.69 Å². The molecule has 1 aliphatic rings. The van der Waals surface area contributed by atoms with E-state index in [4.69, 9.17) is 16.6 Å². The topological polar surface area (TPSA) is 144 Å². The molecular formula is C29H35ClN8O4S. The van der Waals surface area contributed by atoms with Gasteiger partial charge in [-0.05, 0) is 62.9 Å². The molecule has 1 amide bonds. The summed E-state index contributed by atoms with van der Waals surface area (Å²) < 4.78 is 28.9. The summed E-state index contributed by atoms with van der Waals surface area (Å²) in [6, 6.07) is 6.41. The van der Waals surface area contributed by atoms with E-state index >= 15 is 0 Å². The first-order valence-corrected chi connectivity index (χ1v) is 16.2. The highest BCUT2D eigenvalue weighted by Crippen LogP contribution is 2.33. The normalized spacial score (nSPS) is 15.1. The molecular weight excluding hydrogens is 592 g/mol. The third-order valence-corrected chi connectivity index (χ3v) is 8.63. The summed E-state index contributed by atoms with van der Waals surface area (Å²) in [4.78, 5) is 37.7. The molecule has 12 nitrogen and oxygen atoms in total. The van der Waals surface area contributed by atoms with Crippen molar-refractivity contribution in [3.8, 4) is 0 Å². The molecule has 4 heterocycles. The third-order valence-electron chi connectivity index (χ3n) is 7.87. The number of nitrogens with zero attached hydrogens (tertiary/aromatic N) is 6. The number of fused-ring (bicyclic) bond motifs is 1. The number of sulfonamides is 1. The monoisotopic (exact) mass is 626 g/mol. The minimum absolute atomic E-state index is 0.0370.